The average Bonchev–Trinajstić information content (AvgIpc) is 3.82. The fraction of sp³-hybridized carbons (Fsp3) is 0.356. The minimum atomic E-state index is -1.27. The lowest BCUT2D eigenvalue weighted by Crippen LogP contribution is -2.42. The molecule has 3 amide bonds. The molecule has 58 heavy (non-hydrogen) atoms. The van der Waals surface area contributed by atoms with E-state index in [-0.39, 0.29) is 24.4 Å². The molecule has 6 aromatic rings. The Hall–Kier alpha value is -6.37. The third-order valence-electron chi connectivity index (χ3n) is 11.3. The molecule has 0 fully saturated rings. The first-order valence-corrected chi connectivity index (χ1v) is 20.2. The fourth-order valence-electron chi connectivity index (χ4n) is 7.69. The molecule has 7 rings (SSSR count). The number of aromatic nitrogens is 4. The minimum Gasteiger partial charge on any atom is -0.488 e. The number of nitrogen functional groups attached to an aromatic ring is 1. The van der Waals surface area contributed by atoms with Crippen LogP contribution in [-0.2, 0) is 29.3 Å². The first kappa shape index (κ1) is 39.8. The van der Waals surface area contributed by atoms with E-state index in [1.54, 1.807) is 40.0 Å². The van der Waals surface area contributed by atoms with E-state index in [1.807, 2.05) is 42.2 Å². The molecule has 0 bridgehead atoms. The molecule has 3 atom stereocenters. The summed E-state index contributed by atoms with van der Waals surface area (Å²) in [5.41, 5.74) is 6.87. The highest BCUT2D eigenvalue weighted by molar-refractivity contribution is 6.07. The molecule has 0 saturated heterocycles. The number of nitrogens with one attached hydrogen (secondary N) is 2. The minimum absolute atomic E-state index is 0.0647. The second kappa shape index (κ2) is 17.0. The van der Waals surface area contributed by atoms with Gasteiger partial charge in [-0.3, -0.25) is 9.59 Å². The van der Waals surface area contributed by atoms with Crippen LogP contribution >= 0.6 is 0 Å². The number of amides is 3. The molecular formula is C45H52N8O5. The third-order valence-corrected chi connectivity index (χ3v) is 11.3. The quantitative estimate of drug-likeness (QED) is 0.0756. The lowest BCUT2D eigenvalue weighted by atomic mass is 9.92. The van der Waals surface area contributed by atoms with Crippen molar-refractivity contribution in [3.63, 3.8) is 0 Å². The van der Waals surface area contributed by atoms with E-state index >= 15 is 0 Å². The number of H-pyrrole nitrogens is 1. The normalized spacial score (nSPS) is 13.6. The molecule has 0 unspecified atom stereocenters. The zero-order valence-corrected chi connectivity index (χ0v) is 33.8. The number of imidazole rings is 2. The summed E-state index contributed by atoms with van der Waals surface area (Å²) in [5.74, 6) is 8.71. The van der Waals surface area contributed by atoms with Crippen molar-refractivity contribution in [1.82, 2.24) is 34.7 Å². The highest BCUT2D eigenvalue weighted by Crippen LogP contribution is 2.42. The van der Waals surface area contributed by atoms with Gasteiger partial charge in [0.15, 0.2) is 0 Å². The van der Waals surface area contributed by atoms with Crippen molar-refractivity contribution in [3.05, 3.63) is 102 Å². The SMILES string of the molecule is CCCN(Cc1nc2ccc3cc4c(cc3c2[nH]1)OCc1cc(-c2cnc(CN(C(=O)C[C@@H](C)CC)[C@@H](C)CC)n2N)ccc1-4)C(=O)[C@H](NC(=O)O)c1ccccc1. The third kappa shape index (κ3) is 8.07. The maximum atomic E-state index is 13.8. The number of ether oxygens (including phenoxy) is 1. The molecule has 1 aliphatic rings. The van der Waals surface area contributed by atoms with Gasteiger partial charge in [-0.1, -0.05) is 82.6 Å². The molecular weight excluding hydrogens is 733 g/mol. The van der Waals surface area contributed by atoms with Gasteiger partial charge in [0.2, 0.25) is 11.8 Å². The predicted molar refractivity (Wildman–Crippen MR) is 225 cm³/mol. The van der Waals surface area contributed by atoms with Crippen LogP contribution in [0, 0.1) is 5.92 Å². The van der Waals surface area contributed by atoms with E-state index in [9.17, 15) is 19.5 Å². The van der Waals surface area contributed by atoms with Crippen molar-refractivity contribution in [2.75, 3.05) is 12.4 Å². The summed E-state index contributed by atoms with van der Waals surface area (Å²) in [6.07, 6.45) is 3.47. The van der Waals surface area contributed by atoms with E-state index < -0.39 is 12.1 Å². The Morgan fingerprint density at radius 3 is 2.50 bits per heavy atom. The van der Waals surface area contributed by atoms with Crippen LogP contribution in [0.3, 0.4) is 0 Å². The Morgan fingerprint density at radius 1 is 0.983 bits per heavy atom. The summed E-state index contributed by atoms with van der Waals surface area (Å²) in [4.78, 5) is 55.3. The Morgan fingerprint density at radius 2 is 1.78 bits per heavy atom. The van der Waals surface area contributed by atoms with Gasteiger partial charge < -0.3 is 35.8 Å². The second-order valence-corrected chi connectivity index (χ2v) is 15.4. The van der Waals surface area contributed by atoms with Gasteiger partial charge in [-0.2, -0.15) is 0 Å². The number of carboxylic acid groups (broad SMARTS) is 1. The summed E-state index contributed by atoms with van der Waals surface area (Å²) < 4.78 is 7.98. The molecule has 13 nitrogen and oxygen atoms in total. The number of nitrogens with zero attached hydrogens (tertiary/aromatic N) is 5. The van der Waals surface area contributed by atoms with Gasteiger partial charge in [-0.25, -0.2) is 19.4 Å². The number of rotatable bonds is 15. The Balaban J connectivity index is 1.14. The van der Waals surface area contributed by atoms with Crippen LogP contribution in [0.15, 0.2) is 79.0 Å². The summed E-state index contributed by atoms with van der Waals surface area (Å²) >= 11 is 0. The van der Waals surface area contributed by atoms with Gasteiger partial charge in [0.25, 0.3) is 0 Å². The highest BCUT2D eigenvalue weighted by Gasteiger charge is 2.29. The molecule has 5 N–H and O–H groups in total. The number of nitrogens with two attached hydrogens (primary N) is 1. The van der Waals surface area contributed by atoms with E-state index in [1.165, 1.54) is 0 Å². The summed E-state index contributed by atoms with van der Waals surface area (Å²) in [6, 6.07) is 22.3. The predicted octanol–water partition coefficient (Wildman–Crippen LogP) is 8.16. The number of hydrogen-bond acceptors (Lipinski definition) is 7. The number of carbonyl (C=O) groups excluding carboxylic acids is 2. The lowest BCUT2D eigenvalue weighted by molar-refractivity contribution is -0.135. The number of fused-ring (bicyclic) bond motifs is 6. The monoisotopic (exact) mass is 784 g/mol. The topological polar surface area (TPSA) is 172 Å². The zero-order chi connectivity index (χ0) is 41.1. The van der Waals surface area contributed by atoms with E-state index in [0.29, 0.717) is 55.7 Å². The highest BCUT2D eigenvalue weighted by atomic mass is 16.5. The van der Waals surface area contributed by atoms with Gasteiger partial charge in [-0.15, -0.1) is 0 Å². The molecule has 2 aromatic heterocycles. The van der Waals surface area contributed by atoms with Crippen LogP contribution in [0.4, 0.5) is 4.79 Å². The van der Waals surface area contributed by atoms with Gasteiger partial charge in [0, 0.05) is 35.5 Å². The van der Waals surface area contributed by atoms with Gasteiger partial charge in [0.1, 0.15) is 30.0 Å². The van der Waals surface area contributed by atoms with Crippen molar-refractivity contribution < 1.29 is 24.2 Å². The maximum Gasteiger partial charge on any atom is 0.405 e. The van der Waals surface area contributed by atoms with Crippen LogP contribution in [0.5, 0.6) is 5.75 Å². The lowest BCUT2D eigenvalue weighted by Gasteiger charge is -2.29. The number of benzene rings is 4. The van der Waals surface area contributed by atoms with Crippen molar-refractivity contribution in [1.29, 1.82) is 0 Å². The molecule has 1 aliphatic heterocycles. The number of aromatic amines is 1. The van der Waals surface area contributed by atoms with Gasteiger partial charge >= 0.3 is 6.09 Å². The van der Waals surface area contributed by atoms with E-state index in [4.69, 9.17) is 15.6 Å². The average molecular weight is 785 g/mol. The fourth-order valence-corrected chi connectivity index (χ4v) is 7.69. The molecule has 0 aliphatic carbocycles. The zero-order valence-electron chi connectivity index (χ0n) is 33.8. The standard InChI is InChI=1S/C45H52N8O5/c1-6-18-51(44(55)42(50-45(56)57)29-12-10-9-11-13-29)24-39-48-36-17-15-30-21-35-33-16-14-31(20-32(33)26-58-38(35)22-34(30)43(36)49-39)37-23-47-40(53(37)46)25-52(28(5)8-3)41(54)19-27(4)7-2/h9-17,20-23,27-28,42,50H,6-8,18-19,24-26,46H2,1-5H3,(H,48,49)(H,56,57)/t27-,28-,42+/m0/s1. The van der Waals surface area contributed by atoms with Crippen molar-refractivity contribution in [3.8, 4) is 28.1 Å². The maximum absolute atomic E-state index is 13.8. The molecule has 302 valence electrons. The van der Waals surface area contributed by atoms with Gasteiger partial charge in [-0.05, 0) is 72.0 Å². The summed E-state index contributed by atoms with van der Waals surface area (Å²) in [5, 5.41) is 13.9. The van der Waals surface area contributed by atoms with Crippen LogP contribution < -0.4 is 15.9 Å². The molecule has 0 spiro atoms. The second-order valence-electron chi connectivity index (χ2n) is 15.4. The van der Waals surface area contributed by atoms with Crippen LogP contribution in [0.25, 0.3) is 44.2 Å². The number of hydrogen-bond donors (Lipinski definition) is 4. The Labute approximate surface area is 338 Å². The number of carbonyl (C=O) groups is 3. The van der Waals surface area contributed by atoms with Crippen molar-refractivity contribution in [2.45, 2.75) is 92.1 Å². The van der Waals surface area contributed by atoms with E-state index in [2.05, 4.69) is 61.2 Å². The molecule has 4 aromatic carbocycles. The van der Waals surface area contributed by atoms with Gasteiger partial charge in [0.05, 0.1) is 36.0 Å². The Kier molecular flexibility index (Phi) is 11.7. The van der Waals surface area contributed by atoms with Crippen molar-refractivity contribution >= 4 is 39.7 Å². The molecule has 13 heteroatoms. The first-order chi connectivity index (χ1) is 28.0. The van der Waals surface area contributed by atoms with Crippen LogP contribution in [-0.4, -0.2) is 65.0 Å². The Bertz CT molecular complexity index is 2460. The summed E-state index contributed by atoms with van der Waals surface area (Å²) in [6.45, 7) is 11.6. The largest absolute Gasteiger partial charge is 0.488 e. The van der Waals surface area contributed by atoms with Crippen molar-refractivity contribution in [2.24, 2.45) is 5.92 Å². The first-order valence-electron chi connectivity index (χ1n) is 20.2. The van der Waals surface area contributed by atoms with E-state index in [0.717, 1.165) is 68.3 Å². The molecule has 0 saturated carbocycles. The molecule has 3 heterocycles. The van der Waals surface area contributed by atoms with Crippen LogP contribution in [0.1, 0.15) is 89.1 Å². The van der Waals surface area contributed by atoms with Crippen LogP contribution in [0.2, 0.25) is 0 Å². The summed E-state index contributed by atoms with van der Waals surface area (Å²) in [7, 11) is 0. The molecule has 0 radical (unpaired) electrons. The smallest absolute Gasteiger partial charge is 0.405 e.